The lowest BCUT2D eigenvalue weighted by Crippen LogP contribution is -2.48. The molecule has 1 heterocycles. The van der Waals surface area contributed by atoms with E-state index in [-0.39, 0.29) is 0 Å². The van der Waals surface area contributed by atoms with Crippen LogP contribution in [0.3, 0.4) is 0 Å². The molecule has 0 amide bonds. The van der Waals surface area contributed by atoms with E-state index in [4.69, 9.17) is 11.6 Å². The molecule has 1 aliphatic heterocycles. The third kappa shape index (κ3) is 3.77. The van der Waals surface area contributed by atoms with E-state index in [1.807, 2.05) is 13.0 Å². The minimum atomic E-state index is -3.40. The molecular formula is C15H23ClN2O2S. The molecule has 0 aromatic heterocycles. The first-order valence-electron chi connectivity index (χ1n) is 7.37. The van der Waals surface area contributed by atoms with Crippen LogP contribution in [-0.4, -0.2) is 50.3 Å². The van der Waals surface area contributed by atoms with E-state index in [0.29, 0.717) is 23.9 Å². The minimum absolute atomic E-state index is 0.333. The second-order valence-electron chi connectivity index (χ2n) is 5.47. The van der Waals surface area contributed by atoms with Crippen molar-refractivity contribution in [3.8, 4) is 0 Å². The van der Waals surface area contributed by atoms with Crippen LogP contribution in [-0.2, 0) is 15.9 Å². The second kappa shape index (κ2) is 7.09. The highest BCUT2D eigenvalue weighted by Gasteiger charge is 2.28. The summed E-state index contributed by atoms with van der Waals surface area (Å²) in [6.45, 7) is 7.86. The standard InChI is InChI=1S/C15H23ClN2O2S/c1-3-6-17-7-9-18(10-8-17)21(19,20)15-5-4-13(2)14(11-15)12-16/h4-5,11H,3,6-10,12H2,1-2H3. The molecule has 2 rings (SSSR count). The number of rotatable bonds is 5. The summed E-state index contributed by atoms with van der Waals surface area (Å²) >= 11 is 5.88. The molecular weight excluding hydrogens is 308 g/mol. The van der Waals surface area contributed by atoms with Gasteiger partial charge in [0.1, 0.15) is 0 Å². The van der Waals surface area contributed by atoms with Crippen LogP contribution in [0.1, 0.15) is 24.5 Å². The van der Waals surface area contributed by atoms with Crippen molar-refractivity contribution in [3.05, 3.63) is 29.3 Å². The van der Waals surface area contributed by atoms with Crippen molar-refractivity contribution in [2.75, 3.05) is 32.7 Å². The van der Waals surface area contributed by atoms with Gasteiger partial charge in [0.25, 0.3) is 0 Å². The average Bonchev–Trinajstić information content (AvgIpc) is 2.48. The Morgan fingerprint density at radius 3 is 2.43 bits per heavy atom. The molecule has 1 saturated heterocycles. The fourth-order valence-corrected chi connectivity index (χ4v) is 4.37. The highest BCUT2D eigenvalue weighted by molar-refractivity contribution is 7.89. The smallest absolute Gasteiger partial charge is 0.243 e. The zero-order chi connectivity index (χ0) is 15.5. The second-order valence-corrected chi connectivity index (χ2v) is 7.67. The lowest BCUT2D eigenvalue weighted by molar-refractivity contribution is 0.188. The summed E-state index contributed by atoms with van der Waals surface area (Å²) in [5.41, 5.74) is 1.90. The highest BCUT2D eigenvalue weighted by atomic mass is 35.5. The molecule has 0 aliphatic carbocycles. The number of aryl methyl sites for hydroxylation is 1. The molecule has 0 saturated carbocycles. The van der Waals surface area contributed by atoms with Gasteiger partial charge in [-0.2, -0.15) is 4.31 Å². The molecule has 1 aromatic carbocycles. The van der Waals surface area contributed by atoms with Gasteiger partial charge in [0.05, 0.1) is 4.90 Å². The van der Waals surface area contributed by atoms with Crippen molar-refractivity contribution in [2.24, 2.45) is 0 Å². The van der Waals surface area contributed by atoms with Gasteiger partial charge in [0.2, 0.25) is 10.0 Å². The number of piperazine rings is 1. The predicted molar refractivity (Wildman–Crippen MR) is 86.2 cm³/mol. The first-order chi connectivity index (χ1) is 9.98. The Bertz CT molecular complexity index is 581. The highest BCUT2D eigenvalue weighted by Crippen LogP contribution is 2.21. The summed E-state index contributed by atoms with van der Waals surface area (Å²) in [6.07, 6.45) is 1.10. The molecule has 0 radical (unpaired) electrons. The van der Waals surface area contributed by atoms with Gasteiger partial charge in [0.15, 0.2) is 0 Å². The third-order valence-electron chi connectivity index (χ3n) is 3.97. The summed E-state index contributed by atoms with van der Waals surface area (Å²) in [4.78, 5) is 2.67. The summed E-state index contributed by atoms with van der Waals surface area (Å²) in [5.74, 6) is 0.333. The Morgan fingerprint density at radius 2 is 1.86 bits per heavy atom. The first kappa shape index (κ1) is 16.7. The number of hydrogen-bond acceptors (Lipinski definition) is 3. The maximum atomic E-state index is 12.7. The Labute approximate surface area is 132 Å². The van der Waals surface area contributed by atoms with Crippen LogP contribution in [0.2, 0.25) is 0 Å². The molecule has 0 unspecified atom stereocenters. The van der Waals surface area contributed by atoms with E-state index >= 15 is 0 Å². The van der Waals surface area contributed by atoms with Gasteiger partial charge < -0.3 is 4.90 Å². The average molecular weight is 331 g/mol. The van der Waals surface area contributed by atoms with E-state index in [2.05, 4.69) is 11.8 Å². The number of benzene rings is 1. The van der Waals surface area contributed by atoms with Crippen molar-refractivity contribution in [2.45, 2.75) is 31.0 Å². The molecule has 0 atom stereocenters. The molecule has 1 aliphatic rings. The predicted octanol–water partition coefficient (Wildman–Crippen LogP) is 2.45. The summed E-state index contributed by atoms with van der Waals surface area (Å²) in [6, 6.07) is 5.22. The van der Waals surface area contributed by atoms with E-state index in [1.165, 1.54) is 0 Å². The molecule has 0 bridgehead atoms. The van der Waals surface area contributed by atoms with Gasteiger partial charge in [-0.3, -0.25) is 0 Å². The van der Waals surface area contributed by atoms with E-state index in [0.717, 1.165) is 37.2 Å². The SMILES string of the molecule is CCCN1CCN(S(=O)(=O)c2ccc(C)c(CCl)c2)CC1. The largest absolute Gasteiger partial charge is 0.301 e. The Kier molecular flexibility index (Phi) is 5.66. The van der Waals surface area contributed by atoms with Crippen LogP contribution in [0.5, 0.6) is 0 Å². The van der Waals surface area contributed by atoms with Gasteiger partial charge in [-0.1, -0.05) is 13.0 Å². The normalized spacial score (nSPS) is 18.0. The zero-order valence-corrected chi connectivity index (χ0v) is 14.3. The van der Waals surface area contributed by atoms with E-state index in [1.54, 1.807) is 16.4 Å². The third-order valence-corrected chi connectivity index (χ3v) is 6.16. The number of hydrogen-bond donors (Lipinski definition) is 0. The first-order valence-corrected chi connectivity index (χ1v) is 9.34. The molecule has 1 fully saturated rings. The topological polar surface area (TPSA) is 40.6 Å². The van der Waals surface area contributed by atoms with Gasteiger partial charge in [-0.05, 0) is 43.1 Å². The molecule has 6 heteroatoms. The minimum Gasteiger partial charge on any atom is -0.301 e. The van der Waals surface area contributed by atoms with Crippen molar-refractivity contribution in [1.82, 2.24) is 9.21 Å². The quantitative estimate of drug-likeness (QED) is 0.779. The van der Waals surface area contributed by atoms with Gasteiger partial charge in [-0.15, -0.1) is 11.6 Å². The lowest BCUT2D eigenvalue weighted by atomic mass is 10.1. The number of sulfonamides is 1. The number of nitrogens with zero attached hydrogens (tertiary/aromatic N) is 2. The summed E-state index contributed by atoms with van der Waals surface area (Å²) < 4.78 is 27.0. The fraction of sp³-hybridized carbons (Fsp3) is 0.600. The van der Waals surface area contributed by atoms with Crippen LogP contribution in [0.15, 0.2) is 23.1 Å². The van der Waals surface area contributed by atoms with Crippen molar-refractivity contribution < 1.29 is 8.42 Å². The van der Waals surface area contributed by atoms with E-state index in [9.17, 15) is 8.42 Å². The van der Waals surface area contributed by atoms with Crippen LogP contribution in [0.4, 0.5) is 0 Å². The molecule has 0 N–H and O–H groups in total. The summed E-state index contributed by atoms with van der Waals surface area (Å²) in [5, 5.41) is 0. The van der Waals surface area contributed by atoms with Crippen molar-refractivity contribution in [1.29, 1.82) is 0 Å². The monoisotopic (exact) mass is 330 g/mol. The Hall–Kier alpha value is -0.620. The van der Waals surface area contributed by atoms with Crippen molar-refractivity contribution >= 4 is 21.6 Å². The maximum absolute atomic E-state index is 12.7. The summed E-state index contributed by atoms with van der Waals surface area (Å²) in [7, 11) is -3.40. The Balaban J connectivity index is 2.15. The van der Waals surface area contributed by atoms with Crippen LogP contribution >= 0.6 is 11.6 Å². The molecule has 4 nitrogen and oxygen atoms in total. The Morgan fingerprint density at radius 1 is 1.19 bits per heavy atom. The molecule has 1 aromatic rings. The van der Waals surface area contributed by atoms with E-state index < -0.39 is 10.0 Å². The zero-order valence-electron chi connectivity index (χ0n) is 12.7. The van der Waals surface area contributed by atoms with Gasteiger partial charge >= 0.3 is 0 Å². The van der Waals surface area contributed by atoms with Crippen LogP contribution < -0.4 is 0 Å². The number of alkyl halides is 1. The molecule has 118 valence electrons. The lowest BCUT2D eigenvalue weighted by Gasteiger charge is -2.33. The van der Waals surface area contributed by atoms with Gasteiger partial charge in [-0.25, -0.2) is 8.42 Å². The number of halogens is 1. The van der Waals surface area contributed by atoms with Crippen LogP contribution in [0, 0.1) is 6.92 Å². The molecule has 21 heavy (non-hydrogen) atoms. The maximum Gasteiger partial charge on any atom is 0.243 e. The molecule has 0 spiro atoms. The van der Waals surface area contributed by atoms with Crippen molar-refractivity contribution in [3.63, 3.8) is 0 Å². The van der Waals surface area contributed by atoms with Crippen LogP contribution in [0.25, 0.3) is 0 Å². The van der Waals surface area contributed by atoms with Gasteiger partial charge in [0, 0.05) is 32.1 Å². The fourth-order valence-electron chi connectivity index (χ4n) is 2.61.